The van der Waals surface area contributed by atoms with Crippen molar-refractivity contribution in [3.05, 3.63) is 63.6 Å². The highest BCUT2D eigenvalue weighted by atomic mass is 79.9. The van der Waals surface area contributed by atoms with Gasteiger partial charge in [0.05, 0.1) is 11.5 Å². The molecular weight excluding hydrogens is 348 g/mol. The zero-order valence-corrected chi connectivity index (χ0v) is 13.7. The molecule has 1 aliphatic carbocycles. The van der Waals surface area contributed by atoms with E-state index in [9.17, 15) is 5.26 Å². The molecule has 2 aromatic rings. The Labute approximate surface area is 137 Å². The fourth-order valence-electron chi connectivity index (χ4n) is 2.86. The van der Waals surface area contributed by atoms with E-state index < -0.39 is 0 Å². The van der Waals surface area contributed by atoms with Crippen LogP contribution in [0.5, 0.6) is 0 Å². The first kappa shape index (κ1) is 14.4. The van der Waals surface area contributed by atoms with Crippen LogP contribution in [0.2, 0.25) is 5.02 Å². The van der Waals surface area contributed by atoms with E-state index in [0.717, 1.165) is 28.6 Å². The van der Waals surface area contributed by atoms with Crippen molar-refractivity contribution in [1.82, 2.24) is 0 Å². The molecule has 0 unspecified atom stereocenters. The first-order valence-electron chi connectivity index (χ1n) is 6.81. The standard InChI is InChI=1S/C17H14BrClN2/c18-15-8-13(19)6-7-16(15)21-14-9-17(10-14,11-20)12-4-2-1-3-5-12/h1-8,14,21H,9-10H2. The Morgan fingerprint density at radius 2 is 1.90 bits per heavy atom. The molecule has 4 heteroatoms. The molecule has 0 spiro atoms. The lowest BCUT2D eigenvalue weighted by Gasteiger charge is -2.43. The molecule has 1 aliphatic rings. The molecule has 0 aliphatic heterocycles. The van der Waals surface area contributed by atoms with Gasteiger partial charge in [0.15, 0.2) is 0 Å². The minimum Gasteiger partial charge on any atom is -0.381 e. The van der Waals surface area contributed by atoms with Gasteiger partial charge in [0.2, 0.25) is 0 Å². The van der Waals surface area contributed by atoms with Gasteiger partial charge in [0.1, 0.15) is 0 Å². The molecule has 0 bridgehead atoms. The van der Waals surface area contributed by atoms with Gasteiger partial charge in [0.25, 0.3) is 0 Å². The third-order valence-electron chi connectivity index (χ3n) is 4.02. The molecule has 0 aromatic heterocycles. The van der Waals surface area contributed by atoms with E-state index in [2.05, 4.69) is 27.3 Å². The Hall–Kier alpha value is -1.50. The Morgan fingerprint density at radius 1 is 1.19 bits per heavy atom. The average Bonchev–Trinajstić information content (AvgIpc) is 2.45. The zero-order chi connectivity index (χ0) is 14.9. The largest absolute Gasteiger partial charge is 0.381 e. The molecule has 0 heterocycles. The highest BCUT2D eigenvalue weighted by Crippen LogP contribution is 2.45. The van der Waals surface area contributed by atoms with Crippen molar-refractivity contribution >= 4 is 33.2 Å². The topological polar surface area (TPSA) is 35.8 Å². The second kappa shape index (κ2) is 5.71. The van der Waals surface area contributed by atoms with Crippen LogP contribution in [0.4, 0.5) is 5.69 Å². The minimum atomic E-state index is -0.349. The Balaban J connectivity index is 1.71. The number of nitriles is 1. The highest BCUT2D eigenvalue weighted by Gasteiger charge is 2.46. The monoisotopic (exact) mass is 360 g/mol. The summed E-state index contributed by atoms with van der Waals surface area (Å²) in [5, 5.41) is 13.7. The third kappa shape index (κ3) is 2.79. The molecule has 0 amide bonds. The van der Waals surface area contributed by atoms with Crippen molar-refractivity contribution in [1.29, 1.82) is 5.26 Å². The third-order valence-corrected chi connectivity index (χ3v) is 4.91. The molecule has 1 N–H and O–H groups in total. The smallest absolute Gasteiger partial charge is 0.0861 e. The van der Waals surface area contributed by atoms with Gasteiger partial charge in [-0.3, -0.25) is 0 Å². The molecule has 1 saturated carbocycles. The number of halogens is 2. The average molecular weight is 362 g/mol. The predicted molar refractivity (Wildman–Crippen MR) is 89.5 cm³/mol. The maximum atomic E-state index is 9.56. The summed E-state index contributed by atoms with van der Waals surface area (Å²) in [5.41, 5.74) is 1.78. The number of nitrogens with zero attached hydrogens (tertiary/aromatic N) is 1. The summed E-state index contributed by atoms with van der Waals surface area (Å²) in [6.45, 7) is 0. The molecule has 21 heavy (non-hydrogen) atoms. The normalized spacial score (nSPS) is 24.0. The van der Waals surface area contributed by atoms with Crippen LogP contribution in [-0.2, 0) is 5.41 Å². The van der Waals surface area contributed by atoms with E-state index in [4.69, 9.17) is 11.6 Å². The number of anilines is 1. The number of hydrogen-bond acceptors (Lipinski definition) is 2. The summed E-state index contributed by atoms with van der Waals surface area (Å²) in [4.78, 5) is 0. The maximum absolute atomic E-state index is 9.56. The van der Waals surface area contributed by atoms with Crippen LogP contribution in [0.25, 0.3) is 0 Å². The predicted octanol–water partition coefficient (Wildman–Crippen LogP) is 5.14. The van der Waals surface area contributed by atoms with Crippen LogP contribution < -0.4 is 5.32 Å². The van der Waals surface area contributed by atoms with Gasteiger partial charge >= 0.3 is 0 Å². The Bertz CT molecular complexity index is 688. The lowest BCUT2D eigenvalue weighted by atomic mass is 9.62. The van der Waals surface area contributed by atoms with E-state index >= 15 is 0 Å². The molecule has 106 valence electrons. The van der Waals surface area contributed by atoms with Crippen LogP contribution in [0, 0.1) is 11.3 Å². The van der Waals surface area contributed by atoms with Crippen LogP contribution >= 0.6 is 27.5 Å². The summed E-state index contributed by atoms with van der Waals surface area (Å²) >= 11 is 9.46. The summed E-state index contributed by atoms with van der Waals surface area (Å²) in [7, 11) is 0. The van der Waals surface area contributed by atoms with Crippen LogP contribution in [0.3, 0.4) is 0 Å². The van der Waals surface area contributed by atoms with Gasteiger partial charge in [-0.2, -0.15) is 5.26 Å². The second-order valence-corrected chi connectivity index (χ2v) is 6.72. The van der Waals surface area contributed by atoms with Gasteiger partial charge in [0, 0.05) is 21.2 Å². The van der Waals surface area contributed by atoms with E-state index in [1.54, 1.807) is 0 Å². The van der Waals surface area contributed by atoms with Gasteiger partial charge in [-0.25, -0.2) is 0 Å². The van der Waals surface area contributed by atoms with E-state index in [0.29, 0.717) is 11.1 Å². The number of rotatable bonds is 3. The SMILES string of the molecule is N#CC1(c2ccccc2)CC(Nc2ccc(Cl)cc2Br)C1. The molecule has 0 radical (unpaired) electrons. The van der Waals surface area contributed by atoms with Crippen molar-refractivity contribution in [3.63, 3.8) is 0 Å². The van der Waals surface area contributed by atoms with Crippen LogP contribution in [-0.4, -0.2) is 6.04 Å². The van der Waals surface area contributed by atoms with Crippen molar-refractivity contribution in [2.45, 2.75) is 24.3 Å². The molecule has 1 fully saturated rings. The second-order valence-electron chi connectivity index (χ2n) is 5.43. The first-order chi connectivity index (χ1) is 10.1. The van der Waals surface area contributed by atoms with Crippen molar-refractivity contribution in [2.75, 3.05) is 5.32 Å². The van der Waals surface area contributed by atoms with Gasteiger partial charge in [-0.05, 0) is 52.5 Å². The number of nitrogens with one attached hydrogen (secondary N) is 1. The summed E-state index contributed by atoms with van der Waals surface area (Å²) in [6, 6.07) is 18.5. The number of hydrogen-bond donors (Lipinski definition) is 1. The summed E-state index contributed by atoms with van der Waals surface area (Å²) in [6.07, 6.45) is 1.64. The fourth-order valence-corrected chi connectivity index (χ4v) is 3.66. The fraction of sp³-hybridized carbons (Fsp3) is 0.235. The van der Waals surface area contributed by atoms with E-state index in [1.165, 1.54) is 0 Å². The first-order valence-corrected chi connectivity index (χ1v) is 7.98. The Morgan fingerprint density at radius 3 is 2.52 bits per heavy atom. The van der Waals surface area contributed by atoms with Crippen molar-refractivity contribution < 1.29 is 0 Å². The van der Waals surface area contributed by atoms with E-state index in [1.807, 2.05) is 48.5 Å². The molecule has 0 saturated heterocycles. The van der Waals surface area contributed by atoms with Crippen molar-refractivity contribution in [2.24, 2.45) is 0 Å². The summed E-state index contributed by atoms with van der Waals surface area (Å²) < 4.78 is 0.948. The zero-order valence-electron chi connectivity index (χ0n) is 11.3. The van der Waals surface area contributed by atoms with Gasteiger partial charge < -0.3 is 5.32 Å². The molecule has 2 aromatic carbocycles. The lowest BCUT2D eigenvalue weighted by molar-refractivity contribution is 0.289. The Kier molecular flexibility index (Phi) is 3.93. The van der Waals surface area contributed by atoms with Crippen LogP contribution in [0.1, 0.15) is 18.4 Å². The maximum Gasteiger partial charge on any atom is 0.0861 e. The van der Waals surface area contributed by atoms with Crippen molar-refractivity contribution in [3.8, 4) is 6.07 Å². The number of benzene rings is 2. The lowest BCUT2D eigenvalue weighted by Crippen LogP contribution is -2.47. The highest BCUT2D eigenvalue weighted by molar-refractivity contribution is 9.10. The van der Waals surface area contributed by atoms with Crippen LogP contribution in [0.15, 0.2) is 53.0 Å². The quantitative estimate of drug-likeness (QED) is 0.821. The summed E-state index contributed by atoms with van der Waals surface area (Å²) in [5.74, 6) is 0. The van der Waals surface area contributed by atoms with E-state index in [-0.39, 0.29) is 5.41 Å². The van der Waals surface area contributed by atoms with Gasteiger partial charge in [-0.1, -0.05) is 41.9 Å². The minimum absolute atomic E-state index is 0.308. The molecular formula is C17H14BrClN2. The van der Waals surface area contributed by atoms with Gasteiger partial charge in [-0.15, -0.1) is 0 Å². The molecule has 3 rings (SSSR count). The molecule has 0 atom stereocenters. The molecule has 2 nitrogen and oxygen atoms in total.